The van der Waals surface area contributed by atoms with Crippen LogP contribution in [-0.4, -0.2) is 13.2 Å². The molecule has 0 aliphatic carbocycles. The first-order chi connectivity index (χ1) is 7.10. The molecule has 1 heteroatoms. The summed E-state index contributed by atoms with van der Waals surface area (Å²) in [5.74, 6) is 0. The number of benzene rings is 1. The molecule has 0 N–H and O–H groups in total. The fraction of sp³-hybridized carbons (Fsp3) is 0.429. The molecule has 1 rings (SSSR count). The number of hydrogen-bond donors (Lipinski definition) is 0. The molecule has 1 unspecified atom stereocenters. The highest BCUT2D eigenvalue weighted by Gasteiger charge is 2.27. The first-order valence-corrected chi connectivity index (χ1v) is 5.29. The predicted octanol–water partition coefficient (Wildman–Crippen LogP) is 3.46. The molecule has 0 aromatic heterocycles. The van der Waals surface area contributed by atoms with E-state index in [0.717, 1.165) is 6.42 Å². The van der Waals surface area contributed by atoms with Crippen LogP contribution in [0.4, 0.5) is 0 Å². The van der Waals surface area contributed by atoms with Crippen LogP contribution in [0.15, 0.2) is 43.0 Å². The average Bonchev–Trinajstić information content (AvgIpc) is 2.19. The molecule has 0 aliphatic rings. The summed E-state index contributed by atoms with van der Waals surface area (Å²) in [6.07, 6.45) is 2.97. The van der Waals surface area contributed by atoms with E-state index in [9.17, 15) is 0 Å². The molecule has 1 atom stereocenters. The molecule has 0 aliphatic heterocycles. The SMILES string of the molecule is C=CC(OC)C(C)(C)Cc1ccccc1. The van der Waals surface area contributed by atoms with Crippen LogP contribution in [-0.2, 0) is 11.2 Å². The van der Waals surface area contributed by atoms with Crippen LogP contribution in [0.25, 0.3) is 0 Å². The Bertz CT molecular complexity index is 300. The van der Waals surface area contributed by atoms with Crippen molar-refractivity contribution in [2.45, 2.75) is 26.4 Å². The second-order valence-electron chi connectivity index (χ2n) is 4.54. The van der Waals surface area contributed by atoms with Gasteiger partial charge in [0.15, 0.2) is 0 Å². The Morgan fingerprint density at radius 2 is 1.93 bits per heavy atom. The molecule has 0 heterocycles. The molecule has 0 spiro atoms. The van der Waals surface area contributed by atoms with Gasteiger partial charge >= 0.3 is 0 Å². The Balaban J connectivity index is 2.75. The maximum absolute atomic E-state index is 5.42. The lowest BCUT2D eigenvalue weighted by Gasteiger charge is -2.31. The van der Waals surface area contributed by atoms with Crippen molar-refractivity contribution in [3.63, 3.8) is 0 Å². The molecule has 0 saturated carbocycles. The van der Waals surface area contributed by atoms with Gasteiger partial charge in [-0.3, -0.25) is 0 Å². The molecule has 82 valence electrons. The lowest BCUT2D eigenvalue weighted by molar-refractivity contribution is 0.0430. The summed E-state index contributed by atoms with van der Waals surface area (Å²) in [7, 11) is 1.74. The van der Waals surface area contributed by atoms with Gasteiger partial charge in [0.1, 0.15) is 0 Å². The molecule has 1 aromatic carbocycles. The predicted molar refractivity (Wildman–Crippen MR) is 64.9 cm³/mol. The number of hydrogen-bond acceptors (Lipinski definition) is 1. The molecule has 0 saturated heterocycles. The normalized spacial score (nSPS) is 13.5. The van der Waals surface area contributed by atoms with Crippen LogP contribution in [0.5, 0.6) is 0 Å². The zero-order valence-electron chi connectivity index (χ0n) is 9.86. The maximum atomic E-state index is 5.42. The van der Waals surface area contributed by atoms with E-state index in [1.54, 1.807) is 7.11 Å². The zero-order chi connectivity index (χ0) is 11.3. The third kappa shape index (κ3) is 3.21. The van der Waals surface area contributed by atoms with E-state index in [0.29, 0.717) is 0 Å². The molecule has 1 nitrogen and oxygen atoms in total. The molecule has 15 heavy (non-hydrogen) atoms. The second kappa shape index (κ2) is 5.13. The van der Waals surface area contributed by atoms with E-state index >= 15 is 0 Å². The minimum absolute atomic E-state index is 0.0812. The topological polar surface area (TPSA) is 9.23 Å². The summed E-state index contributed by atoms with van der Waals surface area (Å²) in [5.41, 5.74) is 1.42. The van der Waals surface area contributed by atoms with Crippen LogP contribution < -0.4 is 0 Å². The van der Waals surface area contributed by atoms with Crippen LogP contribution in [0.1, 0.15) is 19.4 Å². The Kier molecular flexibility index (Phi) is 4.10. The third-order valence-electron chi connectivity index (χ3n) is 2.74. The number of ether oxygens (including phenoxy) is 1. The van der Waals surface area contributed by atoms with Gasteiger partial charge in [0.25, 0.3) is 0 Å². The van der Waals surface area contributed by atoms with Crippen LogP contribution in [0.2, 0.25) is 0 Å². The highest BCUT2D eigenvalue weighted by Crippen LogP contribution is 2.28. The van der Waals surface area contributed by atoms with Crippen molar-refractivity contribution in [2.24, 2.45) is 5.41 Å². The first kappa shape index (κ1) is 12.0. The van der Waals surface area contributed by atoms with Crippen LogP contribution >= 0.6 is 0 Å². The minimum Gasteiger partial charge on any atom is -0.377 e. The van der Waals surface area contributed by atoms with E-state index in [1.165, 1.54) is 5.56 Å². The summed E-state index contributed by atoms with van der Waals surface area (Å²) in [6, 6.07) is 10.5. The molecule has 0 bridgehead atoms. The molecule has 0 amide bonds. The summed E-state index contributed by atoms with van der Waals surface area (Å²) >= 11 is 0. The highest BCUT2D eigenvalue weighted by molar-refractivity contribution is 5.17. The van der Waals surface area contributed by atoms with Gasteiger partial charge in [-0.25, -0.2) is 0 Å². The lowest BCUT2D eigenvalue weighted by Crippen LogP contribution is -2.31. The van der Waals surface area contributed by atoms with Gasteiger partial charge in [-0.2, -0.15) is 0 Å². The largest absolute Gasteiger partial charge is 0.377 e. The van der Waals surface area contributed by atoms with E-state index in [-0.39, 0.29) is 11.5 Å². The van der Waals surface area contributed by atoms with E-state index in [1.807, 2.05) is 12.1 Å². The Morgan fingerprint density at radius 1 is 1.33 bits per heavy atom. The average molecular weight is 204 g/mol. The van der Waals surface area contributed by atoms with Gasteiger partial charge in [-0.05, 0) is 17.4 Å². The van der Waals surface area contributed by atoms with Crippen LogP contribution in [0, 0.1) is 5.41 Å². The Labute approximate surface area is 92.8 Å². The van der Waals surface area contributed by atoms with Crippen molar-refractivity contribution in [1.82, 2.24) is 0 Å². The quantitative estimate of drug-likeness (QED) is 0.667. The van der Waals surface area contributed by atoms with Crippen molar-refractivity contribution in [3.05, 3.63) is 48.6 Å². The molecule has 0 fully saturated rings. The first-order valence-electron chi connectivity index (χ1n) is 5.29. The van der Waals surface area contributed by atoms with Crippen molar-refractivity contribution in [2.75, 3.05) is 7.11 Å². The standard InChI is InChI=1S/C14H20O/c1-5-13(15-4)14(2,3)11-12-9-7-6-8-10-12/h5-10,13H,1,11H2,2-4H3. The fourth-order valence-electron chi connectivity index (χ4n) is 1.96. The van der Waals surface area contributed by atoms with Crippen molar-refractivity contribution >= 4 is 0 Å². The molecule has 0 radical (unpaired) electrons. The zero-order valence-corrected chi connectivity index (χ0v) is 9.86. The lowest BCUT2D eigenvalue weighted by atomic mass is 9.80. The van der Waals surface area contributed by atoms with E-state index < -0.39 is 0 Å². The minimum atomic E-state index is 0.0812. The number of methoxy groups -OCH3 is 1. The second-order valence-corrected chi connectivity index (χ2v) is 4.54. The smallest absolute Gasteiger partial charge is 0.0803 e. The Morgan fingerprint density at radius 3 is 2.40 bits per heavy atom. The van der Waals surface area contributed by atoms with E-state index in [2.05, 4.69) is 44.7 Å². The maximum Gasteiger partial charge on any atom is 0.0803 e. The summed E-state index contributed by atoms with van der Waals surface area (Å²) in [4.78, 5) is 0. The van der Waals surface area contributed by atoms with E-state index in [4.69, 9.17) is 4.74 Å². The van der Waals surface area contributed by atoms with Crippen molar-refractivity contribution < 1.29 is 4.74 Å². The Hall–Kier alpha value is -1.08. The fourth-order valence-corrected chi connectivity index (χ4v) is 1.96. The monoisotopic (exact) mass is 204 g/mol. The third-order valence-corrected chi connectivity index (χ3v) is 2.74. The van der Waals surface area contributed by atoms with Gasteiger partial charge in [-0.15, -0.1) is 6.58 Å². The molecular formula is C14H20O. The van der Waals surface area contributed by atoms with Gasteiger partial charge in [0.05, 0.1) is 6.10 Å². The summed E-state index contributed by atoms with van der Waals surface area (Å²) in [6.45, 7) is 8.22. The summed E-state index contributed by atoms with van der Waals surface area (Å²) in [5, 5.41) is 0. The molecule has 1 aromatic rings. The highest BCUT2D eigenvalue weighted by atomic mass is 16.5. The van der Waals surface area contributed by atoms with Crippen LogP contribution in [0.3, 0.4) is 0 Å². The van der Waals surface area contributed by atoms with Gasteiger partial charge in [0.2, 0.25) is 0 Å². The van der Waals surface area contributed by atoms with Crippen molar-refractivity contribution in [1.29, 1.82) is 0 Å². The van der Waals surface area contributed by atoms with Crippen molar-refractivity contribution in [3.8, 4) is 0 Å². The number of rotatable bonds is 5. The van der Waals surface area contributed by atoms with Gasteiger partial charge in [0, 0.05) is 7.11 Å². The van der Waals surface area contributed by atoms with Gasteiger partial charge < -0.3 is 4.74 Å². The summed E-state index contributed by atoms with van der Waals surface area (Å²) < 4.78 is 5.42. The molecular weight excluding hydrogens is 184 g/mol. The van der Waals surface area contributed by atoms with Gasteiger partial charge in [-0.1, -0.05) is 50.3 Å².